The Morgan fingerprint density at radius 2 is 1.45 bits per heavy atom. The Morgan fingerprint density at radius 1 is 0.903 bits per heavy atom. The minimum atomic E-state index is -3.49. The largest absolute Gasteiger partial charge is 0.497 e. The summed E-state index contributed by atoms with van der Waals surface area (Å²) in [6.07, 6.45) is 0.621. The fourth-order valence-corrected chi connectivity index (χ4v) is 5.16. The van der Waals surface area contributed by atoms with Gasteiger partial charge in [0.25, 0.3) is 0 Å². The molecule has 0 bridgehead atoms. The average Bonchev–Trinajstić information content (AvgIpc) is 2.75. The van der Waals surface area contributed by atoms with Crippen molar-refractivity contribution in [1.29, 1.82) is 0 Å². The number of carbonyl (C=O) groups is 1. The molecule has 0 aromatic heterocycles. The second kappa shape index (κ2) is 9.47. The summed E-state index contributed by atoms with van der Waals surface area (Å²) < 4.78 is 46.7. The van der Waals surface area contributed by atoms with Crippen molar-refractivity contribution >= 4 is 15.7 Å². The molecule has 1 heterocycles. The Labute approximate surface area is 182 Å². The zero-order chi connectivity index (χ0) is 22.6. The van der Waals surface area contributed by atoms with Crippen LogP contribution < -0.4 is 18.9 Å². The number of nitrogens with zero attached hydrogens (tertiary/aromatic N) is 1. The van der Waals surface area contributed by atoms with E-state index in [1.165, 1.54) is 19.2 Å². The Balaban J connectivity index is 1.61. The number of amides is 1. The predicted molar refractivity (Wildman–Crippen MR) is 115 cm³/mol. The topological polar surface area (TPSA) is 91.4 Å². The van der Waals surface area contributed by atoms with Gasteiger partial charge < -0.3 is 23.8 Å². The summed E-state index contributed by atoms with van der Waals surface area (Å²) in [5.74, 6) is 2.23. The van der Waals surface area contributed by atoms with E-state index in [2.05, 4.69) is 0 Å². The Kier molecular flexibility index (Phi) is 6.94. The maximum Gasteiger partial charge on any atom is 0.222 e. The molecule has 8 nitrogen and oxygen atoms in total. The van der Waals surface area contributed by atoms with Crippen LogP contribution in [0.2, 0.25) is 0 Å². The molecule has 3 rings (SSSR count). The molecule has 1 aliphatic rings. The van der Waals surface area contributed by atoms with E-state index in [4.69, 9.17) is 18.9 Å². The molecular formula is C22H27NO7S. The van der Waals surface area contributed by atoms with Crippen molar-refractivity contribution < 1.29 is 32.2 Å². The van der Waals surface area contributed by atoms with Crippen molar-refractivity contribution in [2.24, 2.45) is 0 Å². The van der Waals surface area contributed by atoms with E-state index in [9.17, 15) is 13.2 Å². The Bertz CT molecular complexity index is 1000. The number of rotatable bonds is 9. The van der Waals surface area contributed by atoms with Gasteiger partial charge in [-0.15, -0.1) is 0 Å². The van der Waals surface area contributed by atoms with E-state index in [1.807, 2.05) is 0 Å². The second-order valence-corrected chi connectivity index (χ2v) is 9.38. The third-order valence-electron chi connectivity index (χ3n) is 5.43. The highest BCUT2D eigenvalue weighted by Crippen LogP contribution is 2.35. The molecule has 0 aliphatic carbocycles. The van der Waals surface area contributed by atoms with Gasteiger partial charge in [-0.3, -0.25) is 4.79 Å². The lowest BCUT2D eigenvalue weighted by atomic mass is 10.0. The first-order valence-electron chi connectivity index (χ1n) is 9.78. The lowest BCUT2D eigenvalue weighted by molar-refractivity contribution is -0.134. The minimum absolute atomic E-state index is 0.110. The predicted octanol–water partition coefficient (Wildman–Crippen LogP) is 2.34. The standard InChI is InChI=1S/C22H27NO7S/c1-27-15-5-7-17(8-6-15)31(25,26)18-13-23(14-18)22(24)10-9-19-20(29-3)11-16(28-2)12-21(19)30-4/h5-8,11-12,18H,9-10,13-14H2,1-4H3. The highest BCUT2D eigenvalue weighted by atomic mass is 32.2. The van der Waals surface area contributed by atoms with E-state index in [-0.39, 0.29) is 30.3 Å². The lowest BCUT2D eigenvalue weighted by Gasteiger charge is -2.38. The van der Waals surface area contributed by atoms with Gasteiger partial charge in [-0.25, -0.2) is 8.42 Å². The van der Waals surface area contributed by atoms with E-state index in [0.29, 0.717) is 29.4 Å². The van der Waals surface area contributed by atoms with E-state index >= 15 is 0 Å². The SMILES string of the molecule is COc1ccc(S(=O)(=O)C2CN(C(=O)CCc3c(OC)cc(OC)cc3OC)C2)cc1. The van der Waals surface area contributed by atoms with Crippen LogP contribution in [0.15, 0.2) is 41.3 Å². The molecule has 1 fully saturated rings. The first-order chi connectivity index (χ1) is 14.8. The van der Waals surface area contributed by atoms with Gasteiger partial charge in [-0.2, -0.15) is 0 Å². The molecule has 0 unspecified atom stereocenters. The zero-order valence-electron chi connectivity index (χ0n) is 18.1. The summed E-state index contributed by atoms with van der Waals surface area (Å²) in [7, 11) is 2.67. The number of hydrogen-bond acceptors (Lipinski definition) is 7. The summed E-state index contributed by atoms with van der Waals surface area (Å²) in [6.45, 7) is 0.369. The van der Waals surface area contributed by atoms with Crippen LogP contribution >= 0.6 is 0 Å². The summed E-state index contributed by atoms with van der Waals surface area (Å²) in [5, 5.41) is -0.602. The quantitative estimate of drug-likeness (QED) is 0.580. The molecular weight excluding hydrogens is 422 g/mol. The third-order valence-corrected chi connectivity index (χ3v) is 7.54. The van der Waals surface area contributed by atoms with Gasteiger partial charge >= 0.3 is 0 Å². The summed E-state index contributed by atoms with van der Waals surface area (Å²) in [4.78, 5) is 14.4. The van der Waals surface area contributed by atoms with Gasteiger partial charge in [0, 0.05) is 37.2 Å². The summed E-state index contributed by atoms with van der Waals surface area (Å²) in [5.41, 5.74) is 0.766. The highest BCUT2D eigenvalue weighted by molar-refractivity contribution is 7.92. The van der Waals surface area contributed by atoms with E-state index < -0.39 is 15.1 Å². The third kappa shape index (κ3) is 4.71. The number of sulfone groups is 1. The van der Waals surface area contributed by atoms with Crippen LogP contribution in [0, 0.1) is 0 Å². The fourth-order valence-electron chi connectivity index (χ4n) is 3.51. The molecule has 2 aromatic rings. The maximum absolute atomic E-state index is 12.8. The van der Waals surface area contributed by atoms with Crippen molar-refractivity contribution in [2.45, 2.75) is 23.0 Å². The van der Waals surface area contributed by atoms with Crippen molar-refractivity contribution in [2.75, 3.05) is 41.5 Å². The van der Waals surface area contributed by atoms with Crippen LogP contribution in [0.25, 0.3) is 0 Å². The maximum atomic E-state index is 12.8. The molecule has 1 saturated heterocycles. The Morgan fingerprint density at radius 3 is 1.94 bits per heavy atom. The van der Waals surface area contributed by atoms with Crippen LogP contribution in [0.3, 0.4) is 0 Å². The summed E-state index contributed by atoms with van der Waals surface area (Å²) >= 11 is 0. The molecule has 1 amide bonds. The second-order valence-electron chi connectivity index (χ2n) is 7.15. The van der Waals surface area contributed by atoms with E-state index in [1.54, 1.807) is 50.5 Å². The first-order valence-corrected chi connectivity index (χ1v) is 11.3. The monoisotopic (exact) mass is 449 g/mol. The number of ether oxygens (including phenoxy) is 4. The van der Waals surface area contributed by atoms with Gasteiger partial charge in [0.05, 0.1) is 33.3 Å². The van der Waals surface area contributed by atoms with Gasteiger partial charge in [0.15, 0.2) is 9.84 Å². The number of benzene rings is 2. The summed E-state index contributed by atoms with van der Waals surface area (Å²) in [6, 6.07) is 9.77. The van der Waals surface area contributed by atoms with Crippen molar-refractivity contribution in [1.82, 2.24) is 4.90 Å². The van der Waals surface area contributed by atoms with Crippen molar-refractivity contribution in [3.05, 3.63) is 42.0 Å². The number of hydrogen-bond donors (Lipinski definition) is 0. The van der Waals surface area contributed by atoms with Crippen LogP contribution in [-0.2, 0) is 21.1 Å². The molecule has 0 N–H and O–H groups in total. The minimum Gasteiger partial charge on any atom is -0.497 e. The molecule has 1 aliphatic heterocycles. The number of carbonyl (C=O) groups excluding carboxylic acids is 1. The fraction of sp³-hybridized carbons (Fsp3) is 0.409. The Hall–Kier alpha value is -2.94. The van der Waals surface area contributed by atoms with Gasteiger partial charge in [0.1, 0.15) is 28.2 Å². The first kappa shape index (κ1) is 22.7. The van der Waals surface area contributed by atoms with Crippen molar-refractivity contribution in [3.8, 4) is 23.0 Å². The van der Waals surface area contributed by atoms with Crippen molar-refractivity contribution in [3.63, 3.8) is 0 Å². The lowest BCUT2D eigenvalue weighted by Crippen LogP contribution is -2.56. The molecule has 0 saturated carbocycles. The molecule has 0 atom stereocenters. The number of methoxy groups -OCH3 is 4. The molecule has 9 heteroatoms. The average molecular weight is 450 g/mol. The molecule has 2 aromatic carbocycles. The van der Waals surface area contributed by atoms with Gasteiger partial charge in [-0.1, -0.05) is 0 Å². The molecule has 168 valence electrons. The smallest absolute Gasteiger partial charge is 0.222 e. The normalized spacial score (nSPS) is 14.0. The van der Waals surface area contributed by atoms with Crippen LogP contribution in [0.4, 0.5) is 0 Å². The number of likely N-dealkylation sites (tertiary alicyclic amines) is 1. The molecule has 0 radical (unpaired) electrons. The highest BCUT2D eigenvalue weighted by Gasteiger charge is 2.40. The zero-order valence-corrected chi connectivity index (χ0v) is 18.9. The van der Waals surface area contributed by atoms with Gasteiger partial charge in [0.2, 0.25) is 5.91 Å². The van der Waals surface area contributed by atoms with Crippen LogP contribution in [0.1, 0.15) is 12.0 Å². The van der Waals surface area contributed by atoms with Crippen LogP contribution in [-0.4, -0.2) is 66.0 Å². The van der Waals surface area contributed by atoms with E-state index in [0.717, 1.165) is 5.56 Å². The molecule has 31 heavy (non-hydrogen) atoms. The van der Waals surface area contributed by atoms with Gasteiger partial charge in [-0.05, 0) is 30.7 Å². The van der Waals surface area contributed by atoms with Crippen LogP contribution in [0.5, 0.6) is 23.0 Å². The molecule has 0 spiro atoms.